The van der Waals surface area contributed by atoms with Gasteiger partial charge < -0.3 is 19.4 Å². The van der Waals surface area contributed by atoms with Crippen molar-refractivity contribution < 1.29 is 19.1 Å². The number of halogens is 2. The van der Waals surface area contributed by atoms with Crippen molar-refractivity contribution in [2.24, 2.45) is 7.05 Å². The quantitative estimate of drug-likeness (QED) is 0.576. The zero-order chi connectivity index (χ0) is 22.3. The summed E-state index contributed by atoms with van der Waals surface area (Å²) in [4.78, 5) is 25.3. The molecule has 1 amide bonds. The molecule has 1 aliphatic rings. The number of aromatic nitrogens is 1. The van der Waals surface area contributed by atoms with E-state index in [1.54, 1.807) is 22.8 Å². The van der Waals surface area contributed by atoms with E-state index >= 15 is 0 Å². The maximum Gasteiger partial charge on any atom is 0.338 e. The van der Waals surface area contributed by atoms with Gasteiger partial charge in [0.05, 0.1) is 34.9 Å². The Morgan fingerprint density at radius 3 is 2.61 bits per heavy atom. The third kappa shape index (κ3) is 3.69. The molecule has 6 nitrogen and oxygen atoms in total. The van der Waals surface area contributed by atoms with Gasteiger partial charge >= 0.3 is 5.97 Å². The fourth-order valence-electron chi connectivity index (χ4n) is 4.11. The number of carbonyl (C=O) groups is 2. The van der Waals surface area contributed by atoms with Crippen LogP contribution in [-0.2, 0) is 22.1 Å². The first-order valence-corrected chi connectivity index (χ1v) is 10.6. The number of methoxy groups -OCH3 is 1. The molecule has 1 unspecified atom stereocenters. The number of rotatable bonds is 4. The number of nitrogens with one attached hydrogen (secondary N) is 1. The van der Waals surface area contributed by atoms with E-state index in [2.05, 4.69) is 5.32 Å². The minimum Gasteiger partial charge on any atom is -0.465 e. The van der Waals surface area contributed by atoms with Crippen molar-refractivity contribution >= 4 is 46.0 Å². The lowest BCUT2D eigenvalue weighted by atomic mass is 9.87. The van der Waals surface area contributed by atoms with Crippen molar-refractivity contribution in [3.63, 3.8) is 0 Å². The molecule has 8 heteroatoms. The molecule has 0 radical (unpaired) electrons. The molecule has 2 heterocycles. The predicted octanol–water partition coefficient (Wildman–Crippen LogP) is 4.63. The number of hydrogen-bond donors (Lipinski definition) is 1. The topological polar surface area (TPSA) is 69.6 Å². The number of esters is 1. The molecule has 1 aromatic heterocycles. The summed E-state index contributed by atoms with van der Waals surface area (Å²) in [6.07, 6.45) is 0.617. The number of benzene rings is 2. The molecule has 0 spiro atoms. The van der Waals surface area contributed by atoms with Crippen LogP contribution in [0.25, 0.3) is 10.9 Å². The van der Waals surface area contributed by atoms with Crippen LogP contribution in [0.3, 0.4) is 0 Å². The van der Waals surface area contributed by atoms with Gasteiger partial charge in [-0.3, -0.25) is 4.79 Å². The van der Waals surface area contributed by atoms with E-state index in [1.165, 1.54) is 7.11 Å². The Labute approximate surface area is 190 Å². The van der Waals surface area contributed by atoms with Gasteiger partial charge in [0, 0.05) is 31.0 Å². The van der Waals surface area contributed by atoms with Gasteiger partial charge in [-0.1, -0.05) is 35.3 Å². The number of ether oxygens (including phenoxy) is 2. The number of hydrogen-bond acceptors (Lipinski definition) is 4. The van der Waals surface area contributed by atoms with Crippen molar-refractivity contribution in [1.29, 1.82) is 0 Å². The lowest BCUT2D eigenvalue weighted by Gasteiger charge is -2.30. The van der Waals surface area contributed by atoms with Crippen molar-refractivity contribution in [1.82, 2.24) is 9.88 Å². The summed E-state index contributed by atoms with van der Waals surface area (Å²) >= 11 is 12.5. The Hall–Kier alpha value is -2.54. The third-order valence-electron chi connectivity index (χ3n) is 5.90. The Bertz CT molecular complexity index is 1200. The summed E-state index contributed by atoms with van der Waals surface area (Å²) in [6, 6.07) is 10.8. The monoisotopic (exact) mass is 460 g/mol. The van der Waals surface area contributed by atoms with Crippen LogP contribution in [0.5, 0.6) is 0 Å². The van der Waals surface area contributed by atoms with Crippen LogP contribution in [0.1, 0.15) is 38.4 Å². The number of aryl methyl sites for hydroxylation is 2. The molecular formula is C23H22Cl2N2O4. The van der Waals surface area contributed by atoms with Crippen LogP contribution < -0.4 is 5.32 Å². The molecule has 162 valence electrons. The van der Waals surface area contributed by atoms with Crippen LogP contribution in [0.4, 0.5) is 0 Å². The molecule has 1 N–H and O–H groups in total. The third-order valence-corrected chi connectivity index (χ3v) is 6.72. The molecular weight excluding hydrogens is 439 g/mol. The SMILES string of the molecule is COC(=O)c1ccc(C2(NC(=O)c3cc4c(Cl)c(Cl)ccc4n3C)CCOC2)cc1C. The maximum absolute atomic E-state index is 13.3. The summed E-state index contributed by atoms with van der Waals surface area (Å²) in [6.45, 7) is 2.71. The zero-order valence-electron chi connectivity index (χ0n) is 17.4. The Balaban J connectivity index is 1.71. The molecule has 3 aromatic rings. The highest BCUT2D eigenvalue weighted by atomic mass is 35.5. The van der Waals surface area contributed by atoms with Crippen molar-refractivity contribution in [2.45, 2.75) is 18.9 Å². The zero-order valence-corrected chi connectivity index (χ0v) is 18.9. The molecule has 0 saturated carbocycles. The van der Waals surface area contributed by atoms with Crippen LogP contribution >= 0.6 is 23.2 Å². The Morgan fingerprint density at radius 1 is 1.19 bits per heavy atom. The molecule has 1 aliphatic heterocycles. The fraction of sp³-hybridized carbons (Fsp3) is 0.304. The lowest BCUT2D eigenvalue weighted by Crippen LogP contribution is -2.47. The molecule has 4 rings (SSSR count). The Kier molecular flexibility index (Phi) is 5.73. The largest absolute Gasteiger partial charge is 0.465 e. The van der Waals surface area contributed by atoms with Crippen molar-refractivity contribution in [3.8, 4) is 0 Å². The number of nitrogens with zero attached hydrogens (tertiary/aromatic N) is 1. The summed E-state index contributed by atoms with van der Waals surface area (Å²) in [7, 11) is 3.17. The smallest absolute Gasteiger partial charge is 0.338 e. The normalized spacial score (nSPS) is 18.4. The van der Waals surface area contributed by atoms with Gasteiger partial charge in [0.25, 0.3) is 5.91 Å². The van der Waals surface area contributed by atoms with E-state index in [1.807, 2.05) is 32.2 Å². The van der Waals surface area contributed by atoms with E-state index in [9.17, 15) is 9.59 Å². The highest BCUT2D eigenvalue weighted by molar-refractivity contribution is 6.45. The van der Waals surface area contributed by atoms with Gasteiger partial charge in [-0.05, 0) is 42.3 Å². The number of fused-ring (bicyclic) bond motifs is 1. The van der Waals surface area contributed by atoms with E-state index in [0.29, 0.717) is 40.9 Å². The summed E-state index contributed by atoms with van der Waals surface area (Å²) in [5.41, 5.74) is 2.72. The number of amides is 1. The van der Waals surface area contributed by atoms with Gasteiger partial charge in [0.15, 0.2) is 0 Å². The van der Waals surface area contributed by atoms with Crippen LogP contribution in [0.15, 0.2) is 36.4 Å². The first-order valence-electron chi connectivity index (χ1n) is 9.80. The molecule has 0 aliphatic carbocycles. The minimum atomic E-state index is -0.700. The van der Waals surface area contributed by atoms with Crippen LogP contribution in [0.2, 0.25) is 10.0 Å². The van der Waals surface area contributed by atoms with Crippen LogP contribution in [0, 0.1) is 6.92 Å². The van der Waals surface area contributed by atoms with Gasteiger partial charge in [-0.2, -0.15) is 0 Å². The van der Waals surface area contributed by atoms with Crippen molar-refractivity contribution in [2.75, 3.05) is 20.3 Å². The van der Waals surface area contributed by atoms with Gasteiger partial charge in [-0.15, -0.1) is 0 Å². The van der Waals surface area contributed by atoms with E-state index in [4.69, 9.17) is 32.7 Å². The molecule has 1 fully saturated rings. The highest BCUT2D eigenvalue weighted by Gasteiger charge is 2.39. The summed E-state index contributed by atoms with van der Waals surface area (Å²) < 4.78 is 12.3. The summed E-state index contributed by atoms with van der Waals surface area (Å²) in [5.74, 6) is -0.637. The minimum absolute atomic E-state index is 0.244. The highest BCUT2D eigenvalue weighted by Crippen LogP contribution is 2.35. The molecule has 1 atom stereocenters. The standard InChI is InChI=1S/C23H22Cl2N2O4/c1-13-10-14(4-5-15(13)22(29)30-3)23(8-9-31-12-23)26-21(28)19-11-16-18(27(19)2)7-6-17(24)20(16)25/h4-7,10-11H,8-9,12H2,1-3H3,(H,26,28). The first kappa shape index (κ1) is 21.7. The van der Waals surface area contributed by atoms with E-state index in [0.717, 1.165) is 22.0 Å². The van der Waals surface area contributed by atoms with Crippen molar-refractivity contribution in [3.05, 3.63) is 68.8 Å². The average molecular weight is 461 g/mol. The van der Waals surface area contributed by atoms with E-state index < -0.39 is 11.5 Å². The van der Waals surface area contributed by atoms with Gasteiger partial charge in [-0.25, -0.2) is 4.79 Å². The first-order chi connectivity index (χ1) is 14.8. The average Bonchev–Trinajstić information content (AvgIpc) is 3.36. The second-order valence-electron chi connectivity index (χ2n) is 7.74. The second kappa shape index (κ2) is 8.19. The predicted molar refractivity (Wildman–Crippen MR) is 120 cm³/mol. The molecule has 0 bridgehead atoms. The van der Waals surface area contributed by atoms with Gasteiger partial charge in [0.1, 0.15) is 5.69 Å². The fourth-order valence-corrected chi connectivity index (χ4v) is 4.49. The van der Waals surface area contributed by atoms with Gasteiger partial charge in [0.2, 0.25) is 0 Å². The number of carbonyl (C=O) groups excluding carboxylic acids is 2. The van der Waals surface area contributed by atoms with Crippen LogP contribution in [-0.4, -0.2) is 36.8 Å². The van der Waals surface area contributed by atoms with E-state index in [-0.39, 0.29) is 5.91 Å². The molecule has 31 heavy (non-hydrogen) atoms. The molecule has 1 saturated heterocycles. The lowest BCUT2D eigenvalue weighted by molar-refractivity contribution is 0.0599. The molecule has 2 aromatic carbocycles. The maximum atomic E-state index is 13.3. The summed E-state index contributed by atoms with van der Waals surface area (Å²) in [5, 5.41) is 4.75. The second-order valence-corrected chi connectivity index (χ2v) is 8.53. The Morgan fingerprint density at radius 2 is 1.97 bits per heavy atom.